The Hall–Kier alpha value is -2.60. The number of amides is 1. The molecule has 1 amide bonds. The van der Waals surface area contributed by atoms with Crippen molar-refractivity contribution in [2.45, 2.75) is 18.8 Å². The number of aromatic nitrogens is 3. The Balaban J connectivity index is 1.39. The van der Waals surface area contributed by atoms with Gasteiger partial charge in [-0.1, -0.05) is 36.4 Å². The lowest BCUT2D eigenvalue weighted by Crippen LogP contribution is -2.24. The lowest BCUT2D eigenvalue weighted by Gasteiger charge is -2.04. The molecule has 1 aromatic carbocycles. The smallest absolute Gasteiger partial charge is 0.230 e. The molecule has 6 heteroatoms. The van der Waals surface area contributed by atoms with Crippen LogP contribution in [-0.4, -0.2) is 26.4 Å². The number of nitrogens with zero attached hydrogens (tertiary/aromatic N) is 3. The molecule has 128 valence electrons. The number of thioether (sulfide) groups is 1. The zero-order valence-electron chi connectivity index (χ0n) is 13.8. The molecule has 0 aliphatic carbocycles. The molecule has 3 rings (SSSR count). The Morgan fingerprint density at radius 1 is 1.04 bits per heavy atom. The number of hydrogen-bond acceptors (Lipinski definition) is 4. The first-order valence-corrected chi connectivity index (χ1v) is 9.24. The number of benzene rings is 1. The summed E-state index contributed by atoms with van der Waals surface area (Å²) >= 11 is 1.58. The van der Waals surface area contributed by atoms with Crippen LogP contribution in [0.3, 0.4) is 0 Å². The van der Waals surface area contributed by atoms with Crippen molar-refractivity contribution in [1.82, 2.24) is 20.1 Å². The molecular weight excluding hydrogens is 332 g/mol. The number of pyridine rings is 1. The van der Waals surface area contributed by atoms with Crippen LogP contribution in [0.25, 0.3) is 0 Å². The standard InChI is InChI=1S/C19H20N4OS/c24-19(15-25-14-17-7-4-8-20-9-17)21-10-18-11-22-23(13-18)12-16-5-2-1-3-6-16/h1-9,11,13H,10,12,14-15H2,(H,21,24). The van der Waals surface area contributed by atoms with E-state index in [0.717, 1.165) is 23.4 Å². The van der Waals surface area contributed by atoms with E-state index in [0.29, 0.717) is 12.3 Å². The van der Waals surface area contributed by atoms with Gasteiger partial charge in [0.25, 0.3) is 0 Å². The molecule has 0 spiro atoms. The quantitative estimate of drug-likeness (QED) is 0.677. The third-order valence-electron chi connectivity index (χ3n) is 3.59. The Bertz CT molecular complexity index is 789. The topological polar surface area (TPSA) is 59.8 Å². The second kappa shape index (κ2) is 9.03. The van der Waals surface area contributed by atoms with E-state index in [1.54, 1.807) is 24.2 Å². The predicted molar refractivity (Wildman–Crippen MR) is 100 cm³/mol. The van der Waals surface area contributed by atoms with Crippen molar-refractivity contribution < 1.29 is 4.79 Å². The van der Waals surface area contributed by atoms with Gasteiger partial charge in [0.15, 0.2) is 0 Å². The van der Waals surface area contributed by atoms with Crippen molar-refractivity contribution in [3.63, 3.8) is 0 Å². The first-order chi connectivity index (χ1) is 12.3. The summed E-state index contributed by atoms with van der Waals surface area (Å²) in [6.45, 7) is 1.23. The fourth-order valence-corrected chi connectivity index (χ4v) is 3.15. The molecule has 25 heavy (non-hydrogen) atoms. The van der Waals surface area contributed by atoms with E-state index in [2.05, 4.69) is 27.5 Å². The Morgan fingerprint density at radius 2 is 1.88 bits per heavy atom. The first-order valence-electron chi connectivity index (χ1n) is 8.08. The molecular formula is C19H20N4OS. The molecule has 0 bridgehead atoms. The molecule has 0 saturated heterocycles. The van der Waals surface area contributed by atoms with Crippen LogP contribution in [0.4, 0.5) is 0 Å². The third-order valence-corrected chi connectivity index (χ3v) is 4.59. The van der Waals surface area contributed by atoms with Crippen molar-refractivity contribution in [2.24, 2.45) is 0 Å². The van der Waals surface area contributed by atoms with E-state index in [1.807, 2.05) is 47.4 Å². The first kappa shape index (κ1) is 17.2. The Morgan fingerprint density at radius 3 is 2.68 bits per heavy atom. The maximum Gasteiger partial charge on any atom is 0.230 e. The largest absolute Gasteiger partial charge is 0.351 e. The summed E-state index contributed by atoms with van der Waals surface area (Å²) in [4.78, 5) is 16.0. The number of carbonyl (C=O) groups excluding carboxylic acids is 1. The molecule has 1 N–H and O–H groups in total. The van der Waals surface area contributed by atoms with Gasteiger partial charge < -0.3 is 5.32 Å². The summed E-state index contributed by atoms with van der Waals surface area (Å²) in [5, 5.41) is 7.28. The van der Waals surface area contributed by atoms with Crippen LogP contribution in [0.15, 0.2) is 67.3 Å². The van der Waals surface area contributed by atoms with Crippen LogP contribution in [0.5, 0.6) is 0 Å². The van der Waals surface area contributed by atoms with Crippen LogP contribution >= 0.6 is 11.8 Å². The summed E-state index contributed by atoms with van der Waals surface area (Å²) < 4.78 is 1.88. The van der Waals surface area contributed by atoms with Crippen LogP contribution in [-0.2, 0) is 23.6 Å². The summed E-state index contributed by atoms with van der Waals surface area (Å²) in [6, 6.07) is 14.1. The molecule has 0 aliphatic heterocycles. The van der Waals surface area contributed by atoms with Gasteiger partial charge in [-0.3, -0.25) is 14.5 Å². The van der Waals surface area contributed by atoms with Crippen molar-refractivity contribution in [3.8, 4) is 0 Å². The third kappa shape index (κ3) is 5.76. The summed E-state index contributed by atoms with van der Waals surface area (Å²) in [6.07, 6.45) is 7.34. The van der Waals surface area contributed by atoms with E-state index < -0.39 is 0 Å². The Kier molecular flexibility index (Phi) is 6.23. The zero-order chi connectivity index (χ0) is 17.3. The molecule has 2 heterocycles. The fraction of sp³-hybridized carbons (Fsp3) is 0.211. The van der Waals surface area contributed by atoms with Gasteiger partial charge >= 0.3 is 0 Å². The van der Waals surface area contributed by atoms with Gasteiger partial charge in [0.2, 0.25) is 5.91 Å². The average molecular weight is 352 g/mol. The predicted octanol–water partition coefficient (Wildman–Crippen LogP) is 2.88. The van der Waals surface area contributed by atoms with Gasteiger partial charge in [-0.2, -0.15) is 5.10 Å². The second-order valence-corrected chi connectivity index (χ2v) is 6.65. The highest BCUT2D eigenvalue weighted by molar-refractivity contribution is 7.99. The maximum absolute atomic E-state index is 11.9. The normalized spacial score (nSPS) is 10.6. The lowest BCUT2D eigenvalue weighted by molar-refractivity contribution is -0.118. The number of nitrogens with one attached hydrogen (secondary N) is 1. The number of rotatable bonds is 8. The SMILES string of the molecule is O=C(CSCc1cccnc1)NCc1cnn(Cc2ccccc2)c1. The van der Waals surface area contributed by atoms with Gasteiger partial charge in [0.05, 0.1) is 18.5 Å². The van der Waals surface area contributed by atoms with Crippen LogP contribution in [0, 0.1) is 0 Å². The summed E-state index contributed by atoms with van der Waals surface area (Å²) in [5.74, 6) is 1.26. The van der Waals surface area contributed by atoms with E-state index in [9.17, 15) is 4.79 Å². The molecule has 2 aromatic heterocycles. The maximum atomic E-state index is 11.9. The lowest BCUT2D eigenvalue weighted by atomic mass is 10.2. The molecule has 0 fully saturated rings. The minimum atomic E-state index is 0.0321. The van der Waals surface area contributed by atoms with E-state index in [4.69, 9.17) is 0 Å². The van der Waals surface area contributed by atoms with E-state index in [-0.39, 0.29) is 5.91 Å². The molecule has 5 nitrogen and oxygen atoms in total. The number of hydrogen-bond donors (Lipinski definition) is 1. The highest BCUT2D eigenvalue weighted by Crippen LogP contribution is 2.10. The van der Waals surface area contributed by atoms with Gasteiger partial charge in [-0.15, -0.1) is 11.8 Å². The zero-order valence-corrected chi connectivity index (χ0v) is 14.7. The summed E-state index contributed by atoms with van der Waals surface area (Å²) in [5.41, 5.74) is 3.33. The van der Waals surface area contributed by atoms with Gasteiger partial charge in [-0.05, 0) is 17.2 Å². The molecule has 0 aliphatic rings. The highest BCUT2D eigenvalue weighted by atomic mass is 32.2. The Labute approximate surface area is 151 Å². The highest BCUT2D eigenvalue weighted by Gasteiger charge is 2.04. The second-order valence-electron chi connectivity index (χ2n) is 5.66. The summed E-state index contributed by atoms with van der Waals surface area (Å²) in [7, 11) is 0. The minimum Gasteiger partial charge on any atom is -0.351 e. The molecule has 0 saturated carbocycles. The monoisotopic (exact) mass is 352 g/mol. The minimum absolute atomic E-state index is 0.0321. The average Bonchev–Trinajstić information content (AvgIpc) is 3.09. The molecule has 0 atom stereocenters. The van der Waals surface area contributed by atoms with E-state index >= 15 is 0 Å². The van der Waals surface area contributed by atoms with Crippen LogP contribution in [0.2, 0.25) is 0 Å². The van der Waals surface area contributed by atoms with Crippen molar-refractivity contribution in [2.75, 3.05) is 5.75 Å². The fourth-order valence-electron chi connectivity index (χ4n) is 2.35. The van der Waals surface area contributed by atoms with Gasteiger partial charge in [0.1, 0.15) is 0 Å². The molecule has 0 radical (unpaired) electrons. The van der Waals surface area contributed by atoms with Crippen molar-refractivity contribution >= 4 is 17.7 Å². The van der Waals surface area contributed by atoms with Crippen molar-refractivity contribution in [1.29, 1.82) is 0 Å². The molecule has 3 aromatic rings. The number of carbonyl (C=O) groups is 1. The van der Waals surface area contributed by atoms with Crippen LogP contribution < -0.4 is 5.32 Å². The van der Waals surface area contributed by atoms with Gasteiger partial charge in [-0.25, -0.2) is 0 Å². The van der Waals surface area contributed by atoms with E-state index in [1.165, 1.54) is 5.56 Å². The molecule has 0 unspecified atom stereocenters. The van der Waals surface area contributed by atoms with Gasteiger partial charge in [0, 0.05) is 36.5 Å². The van der Waals surface area contributed by atoms with Crippen molar-refractivity contribution in [3.05, 3.63) is 83.9 Å². The van der Waals surface area contributed by atoms with Crippen LogP contribution in [0.1, 0.15) is 16.7 Å².